The first kappa shape index (κ1) is 13.1. The normalized spacial score (nSPS) is 30.6. The Bertz CT molecular complexity index is 418. The van der Waals surface area contributed by atoms with Crippen molar-refractivity contribution >= 4 is 0 Å². The van der Waals surface area contributed by atoms with E-state index in [1.807, 2.05) is 0 Å². The van der Waals surface area contributed by atoms with Gasteiger partial charge in [0.15, 0.2) is 0 Å². The molecular weight excluding hydrogens is 244 g/mol. The lowest BCUT2D eigenvalue weighted by atomic mass is 9.82. The van der Waals surface area contributed by atoms with Crippen molar-refractivity contribution in [3.8, 4) is 0 Å². The van der Waals surface area contributed by atoms with Gasteiger partial charge in [-0.2, -0.15) is 4.98 Å². The van der Waals surface area contributed by atoms with E-state index < -0.39 is 0 Å². The Hall–Kier alpha value is -0.940. The standard InChI is InChI=1S/C14H22N2O3/c1-18-14(6-4-2-3-5-7-14)13-15-12(19-16-13)10-8-11(17)9-10/h10-11,17H,2-9H2,1H3. The zero-order valence-electron chi connectivity index (χ0n) is 11.5. The van der Waals surface area contributed by atoms with Gasteiger partial charge in [-0.1, -0.05) is 30.8 Å². The molecule has 1 aromatic heterocycles. The SMILES string of the molecule is COC1(c2noc(C3CC(O)C3)n2)CCCCCC1. The van der Waals surface area contributed by atoms with Crippen LogP contribution in [0.25, 0.3) is 0 Å². The van der Waals surface area contributed by atoms with Gasteiger partial charge >= 0.3 is 0 Å². The number of methoxy groups -OCH3 is 1. The van der Waals surface area contributed by atoms with Crippen molar-refractivity contribution in [2.75, 3.05) is 7.11 Å². The topological polar surface area (TPSA) is 68.4 Å². The Labute approximate surface area is 113 Å². The molecule has 0 aromatic carbocycles. The van der Waals surface area contributed by atoms with Gasteiger partial charge in [0.05, 0.1) is 6.10 Å². The van der Waals surface area contributed by atoms with Gasteiger partial charge in [0.25, 0.3) is 0 Å². The lowest BCUT2D eigenvalue weighted by Crippen LogP contribution is -2.30. The average Bonchev–Trinajstić information content (AvgIpc) is 2.74. The summed E-state index contributed by atoms with van der Waals surface area (Å²) < 4.78 is 11.2. The van der Waals surface area contributed by atoms with E-state index in [2.05, 4.69) is 10.1 Å². The first-order valence-electron chi connectivity index (χ1n) is 7.31. The van der Waals surface area contributed by atoms with Crippen LogP contribution in [0.2, 0.25) is 0 Å². The Kier molecular flexibility index (Phi) is 3.58. The molecule has 2 aliphatic rings. The van der Waals surface area contributed by atoms with Crippen LogP contribution in [0.3, 0.4) is 0 Å². The Morgan fingerprint density at radius 3 is 2.47 bits per heavy atom. The number of aliphatic hydroxyl groups is 1. The molecular formula is C14H22N2O3. The lowest BCUT2D eigenvalue weighted by molar-refractivity contribution is -0.0365. The van der Waals surface area contributed by atoms with Gasteiger partial charge in [0.1, 0.15) is 5.60 Å². The molecule has 5 heteroatoms. The third-order valence-corrected chi connectivity index (χ3v) is 4.61. The number of ether oxygens (including phenoxy) is 1. The first-order chi connectivity index (χ1) is 9.23. The van der Waals surface area contributed by atoms with E-state index >= 15 is 0 Å². The second-order valence-electron chi connectivity index (χ2n) is 5.89. The maximum atomic E-state index is 9.35. The average molecular weight is 266 g/mol. The molecule has 0 aliphatic heterocycles. The Balaban J connectivity index is 1.79. The maximum absolute atomic E-state index is 9.35. The van der Waals surface area contributed by atoms with Crippen LogP contribution in [-0.2, 0) is 10.3 Å². The number of rotatable bonds is 3. The summed E-state index contributed by atoms with van der Waals surface area (Å²) in [4.78, 5) is 4.56. The number of aromatic nitrogens is 2. The van der Waals surface area contributed by atoms with Crippen molar-refractivity contribution in [1.82, 2.24) is 10.1 Å². The summed E-state index contributed by atoms with van der Waals surface area (Å²) >= 11 is 0. The van der Waals surface area contributed by atoms with Crippen molar-refractivity contribution in [1.29, 1.82) is 0 Å². The molecule has 5 nitrogen and oxygen atoms in total. The molecule has 2 saturated carbocycles. The first-order valence-corrected chi connectivity index (χ1v) is 7.31. The fourth-order valence-corrected chi connectivity index (χ4v) is 3.19. The molecule has 0 spiro atoms. The summed E-state index contributed by atoms with van der Waals surface area (Å²) in [6.07, 6.45) is 8.03. The Morgan fingerprint density at radius 2 is 1.89 bits per heavy atom. The number of nitrogens with zero attached hydrogens (tertiary/aromatic N) is 2. The molecule has 19 heavy (non-hydrogen) atoms. The molecule has 0 radical (unpaired) electrons. The van der Waals surface area contributed by atoms with Crippen LogP contribution in [0.1, 0.15) is 69.0 Å². The molecule has 106 valence electrons. The molecule has 0 saturated heterocycles. The van der Waals surface area contributed by atoms with Gasteiger partial charge in [-0.15, -0.1) is 0 Å². The fourth-order valence-electron chi connectivity index (χ4n) is 3.19. The van der Waals surface area contributed by atoms with Gasteiger partial charge in [-0.05, 0) is 25.7 Å². The molecule has 2 aliphatic carbocycles. The fraction of sp³-hybridized carbons (Fsp3) is 0.857. The van der Waals surface area contributed by atoms with Gasteiger partial charge in [0.2, 0.25) is 11.7 Å². The quantitative estimate of drug-likeness (QED) is 0.851. The predicted octanol–water partition coefficient (Wildman–Crippen LogP) is 2.50. The van der Waals surface area contributed by atoms with Crippen LogP contribution in [0, 0.1) is 0 Å². The molecule has 2 fully saturated rings. The van der Waals surface area contributed by atoms with Crippen molar-refractivity contribution in [3.05, 3.63) is 11.7 Å². The molecule has 0 amide bonds. The summed E-state index contributed by atoms with van der Waals surface area (Å²) in [5.41, 5.74) is -0.361. The van der Waals surface area contributed by atoms with Crippen LogP contribution in [0.4, 0.5) is 0 Å². The van der Waals surface area contributed by atoms with Crippen LogP contribution in [-0.4, -0.2) is 28.5 Å². The molecule has 1 heterocycles. The van der Waals surface area contributed by atoms with E-state index in [4.69, 9.17) is 9.26 Å². The Morgan fingerprint density at radius 1 is 1.21 bits per heavy atom. The second kappa shape index (κ2) is 5.21. The summed E-state index contributed by atoms with van der Waals surface area (Å²) in [6.45, 7) is 0. The molecule has 1 N–H and O–H groups in total. The predicted molar refractivity (Wildman–Crippen MR) is 68.7 cm³/mol. The lowest BCUT2D eigenvalue weighted by Gasteiger charge is -2.29. The van der Waals surface area contributed by atoms with Crippen LogP contribution in [0.15, 0.2) is 4.52 Å². The molecule has 0 atom stereocenters. The highest BCUT2D eigenvalue weighted by molar-refractivity contribution is 5.07. The number of hydrogen-bond donors (Lipinski definition) is 1. The van der Waals surface area contributed by atoms with E-state index in [9.17, 15) is 5.11 Å². The summed E-state index contributed by atoms with van der Waals surface area (Å²) in [6, 6.07) is 0. The summed E-state index contributed by atoms with van der Waals surface area (Å²) in [5.74, 6) is 1.60. The highest BCUT2D eigenvalue weighted by Gasteiger charge is 2.40. The van der Waals surface area contributed by atoms with Crippen molar-refractivity contribution in [2.45, 2.75) is 69.0 Å². The van der Waals surface area contributed by atoms with Crippen molar-refractivity contribution in [2.24, 2.45) is 0 Å². The zero-order chi connectivity index (χ0) is 13.3. The molecule has 0 bridgehead atoms. The highest BCUT2D eigenvalue weighted by atomic mass is 16.5. The van der Waals surface area contributed by atoms with Crippen LogP contribution < -0.4 is 0 Å². The van der Waals surface area contributed by atoms with Crippen molar-refractivity contribution < 1.29 is 14.4 Å². The van der Waals surface area contributed by atoms with E-state index in [1.165, 1.54) is 12.8 Å². The molecule has 3 rings (SSSR count). The van der Waals surface area contributed by atoms with Gasteiger partial charge in [-0.3, -0.25) is 0 Å². The van der Waals surface area contributed by atoms with Crippen LogP contribution in [0.5, 0.6) is 0 Å². The third kappa shape index (κ3) is 2.41. The number of aliphatic hydroxyl groups excluding tert-OH is 1. The van der Waals surface area contributed by atoms with Gasteiger partial charge < -0.3 is 14.4 Å². The largest absolute Gasteiger partial charge is 0.393 e. The number of hydrogen-bond acceptors (Lipinski definition) is 5. The minimum atomic E-state index is -0.361. The van der Waals surface area contributed by atoms with Gasteiger partial charge in [0, 0.05) is 13.0 Å². The van der Waals surface area contributed by atoms with E-state index in [0.717, 1.165) is 38.5 Å². The minimum absolute atomic E-state index is 0.199. The van der Waals surface area contributed by atoms with E-state index in [0.29, 0.717) is 11.7 Å². The zero-order valence-corrected chi connectivity index (χ0v) is 11.5. The van der Waals surface area contributed by atoms with Crippen LogP contribution >= 0.6 is 0 Å². The second-order valence-corrected chi connectivity index (χ2v) is 5.89. The third-order valence-electron chi connectivity index (χ3n) is 4.61. The highest BCUT2D eigenvalue weighted by Crippen LogP contribution is 2.40. The maximum Gasteiger partial charge on any atom is 0.230 e. The van der Waals surface area contributed by atoms with E-state index in [1.54, 1.807) is 7.11 Å². The molecule has 1 aromatic rings. The molecule has 0 unspecified atom stereocenters. The van der Waals surface area contributed by atoms with E-state index in [-0.39, 0.29) is 17.6 Å². The summed E-state index contributed by atoms with van der Waals surface area (Å²) in [7, 11) is 1.74. The van der Waals surface area contributed by atoms with Gasteiger partial charge in [-0.25, -0.2) is 0 Å². The monoisotopic (exact) mass is 266 g/mol. The summed E-state index contributed by atoms with van der Waals surface area (Å²) in [5, 5.41) is 13.5. The smallest absolute Gasteiger partial charge is 0.230 e. The van der Waals surface area contributed by atoms with Crippen molar-refractivity contribution in [3.63, 3.8) is 0 Å². The minimum Gasteiger partial charge on any atom is -0.393 e.